The molecule has 1 aromatic carbocycles. The summed E-state index contributed by atoms with van der Waals surface area (Å²) in [5.41, 5.74) is 0.835. The van der Waals surface area contributed by atoms with Gasteiger partial charge in [0, 0.05) is 12.4 Å². The van der Waals surface area contributed by atoms with E-state index in [4.69, 9.17) is 9.84 Å². The van der Waals surface area contributed by atoms with E-state index in [1.807, 2.05) is 18.2 Å². The van der Waals surface area contributed by atoms with Gasteiger partial charge >= 0.3 is 0 Å². The molecule has 0 aliphatic carbocycles. The van der Waals surface area contributed by atoms with Crippen LogP contribution < -0.4 is 4.74 Å². The molecule has 0 saturated carbocycles. The Labute approximate surface area is 88.0 Å². The molecule has 3 nitrogen and oxygen atoms in total. The number of nitrogens with zero attached hydrogens (tertiary/aromatic N) is 1. The van der Waals surface area contributed by atoms with Crippen molar-refractivity contribution in [2.45, 2.75) is 6.61 Å². The van der Waals surface area contributed by atoms with Gasteiger partial charge < -0.3 is 9.84 Å². The van der Waals surface area contributed by atoms with Gasteiger partial charge in [0.15, 0.2) is 0 Å². The molecule has 0 saturated heterocycles. The summed E-state index contributed by atoms with van der Waals surface area (Å²) < 4.78 is 5.57. The maximum Gasteiger partial charge on any atom is 0.130 e. The summed E-state index contributed by atoms with van der Waals surface area (Å²) in [6.45, 7) is 0.0214. The number of pyridine rings is 1. The van der Waals surface area contributed by atoms with Crippen LogP contribution in [0.4, 0.5) is 0 Å². The molecule has 0 atom stereocenters. The maximum absolute atomic E-state index is 8.96. The molecule has 0 aliphatic heterocycles. The first-order valence-corrected chi connectivity index (χ1v) is 4.66. The third kappa shape index (κ3) is 2.54. The summed E-state index contributed by atoms with van der Waals surface area (Å²) in [5.74, 6) is 1.45. The number of aliphatic hydroxyl groups is 1. The average molecular weight is 201 g/mol. The van der Waals surface area contributed by atoms with Gasteiger partial charge in [0.1, 0.15) is 11.5 Å². The molecule has 0 fully saturated rings. The first-order valence-electron chi connectivity index (χ1n) is 4.66. The number of rotatable bonds is 3. The van der Waals surface area contributed by atoms with Crippen LogP contribution >= 0.6 is 0 Å². The molecule has 2 aromatic rings. The first-order chi connectivity index (χ1) is 7.38. The molecule has 0 spiro atoms. The highest BCUT2D eigenvalue weighted by Gasteiger charge is 1.97. The highest BCUT2D eigenvalue weighted by Crippen LogP contribution is 2.21. The van der Waals surface area contributed by atoms with Crippen LogP contribution in [0.2, 0.25) is 0 Å². The predicted octanol–water partition coefficient (Wildman–Crippen LogP) is 2.37. The number of aliphatic hydroxyl groups excluding tert-OH is 1. The lowest BCUT2D eigenvalue weighted by atomic mass is 10.2. The van der Waals surface area contributed by atoms with Gasteiger partial charge in [0.05, 0.1) is 6.61 Å². The van der Waals surface area contributed by atoms with Gasteiger partial charge in [-0.3, -0.25) is 4.98 Å². The lowest BCUT2D eigenvalue weighted by molar-refractivity contribution is 0.281. The summed E-state index contributed by atoms with van der Waals surface area (Å²) in [7, 11) is 0. The third-order valence-corrected chi connectivity index (χ3v) is 1.97. The second-order valence-electron chi connectivity index (χ2n) is 3.09. The zero-order valence-corrected chi connectivity index (χ0v) is 8.13. The summed E-state index contributed by atoms with van der Waals surface area (Å²) in [6.07, 6.45) is 3.34. The molecule has 0 amide bonds. The van der Waals surface area contributed by atoms with Gasteiger partial charge in [-0.1, -0.05) is 12.1 Å². The van der Waals surface area contributed by atoms with E-state index >= 15 is 0 Å². The minimum atomic E-state index is 0.0214. The van der Waals surface area contributed by atoms with Gasteiger partial charge in [-0.05, 0) is 29.8 Å². The number of hydrogen-bond donors (Lipinski definition) is 1. The number of hydrogen-bond acceptors (Lipinski definition) is 3. The van der Waals surface area contributed by atoms with Crippen LogP contribution in [0.15, 0.2) is 48.8 Å². The third-order valence-electron chi connectivity index (χ3n) is 1.97. The zero-order valence-electron chi connectivity index (χ0n) is 8.13. The van der Waals surface area contributed by atoms with Crippen LogP contribution in [0.3, 0.4) is 0 Å². The van der Waals surface area contributed by atoms with Crippen LogP contribution in [0.5, 0.6) is 11.5 Å². The van der Waals surface area contributed by atoms with E-state index in [0.717, 1.165) is 11.3 Å². The highest BCUT2D eigenvalue weighted by molar-refractivity contribution is 5.32. The van der Waals surface area contributed by atoms with Gasteiger partial charge in [0.25, 0.3) is 0 Å². The van der Waals surface area contributed by atoms with Crippen molar-refractivity contribution < 1.29 is 9.84 Å². The monoisotopic (exact) mass is 201 g/mol. The van der Waals surface area contributed by atoms with Gasteiger partial charge in [-0.25, -0.2) is 0 Å². The molecule has 0 unspecified atom stereocenters. The van der Waals surface area contributed by atoms with E-state index in [1.54, 1.807) is 30.6 Å². The second kappa shape index (κ2) is 4.57. The van der Waals surface area contributed by atoms with Gasteiger partial charge in [0.2, 0.25) is 0 Å². The van der Waals surface area contributed by atoms with Crippen LogP contribution in [0, 0.1) is 0 Å². The summed E-state index contributed by atoms with van der Waals surface area (Å²) in [6, 6.07) is 10.9. The average Bonchev–Trinajstić information content (AvgIpc) is 2.31. The molecule has 15 heavy (non-hydrogen) atoms. The lowest BCUT2D eigenvalue weighted by Gasteiger charge is -2.05. The molecule has 3 heteroatoms. The molecule has 0 radical (unpaired) electrons. The number of aromatic nitrogens is 1. The van der Waals surface area contributed by atoms with Crippen molar-refractivity contribution in [1.82, 2.24) is 4.98 Å². The van der Waals surface area contributed by atoms with Crippen LogP contribution in [-0.2, 0) is 6.61 Å². The molecular formula is C12H11NO2. The van der Waals surface area contributed by atoms with E-state index < -0.39 is 0 Å². The Bertz CT molecular complexity index is 429. The Morgan fingerprint density at radius 1 is 1.07 bits per heavy atom. The molecule has 2 rings (SSSR count). The van der Waals surface area contributed by atoms with Crippen LogP contribution in [0.1, 0.15) is 5.56 Å². The quantitative estimate of drug-likeness (QED) is 0.828. The Hall–Kier alpha value is -1.87. The summed E-state index contributed by atoms with van der Waals surface area (Å²) >= 11 is 0. The van der Waals surface area contributed by atoms with E-state index in [1.165, 1.54) is 0 Å². The van der Waals surface area contributed by atoms with E-state index in [2.05, 4.69) is 4.98 Å². The molecule has 0 bridgehead atoms. The van der Waals surface area contributed by atoms with Crippen molar-refractivity contribution in [3.8, 4) is 11.5 Å². The van der Waals surface area contributed by atoms with Crippen molar-refractivity contribution in [2.24, 2.45) is 0 Å². The Kier molecular flexibility index (Phi) is 2.95. The number of benzene rings is 1. The Morgan fingerprint density at radius 3 is 2.60 bits per heavy atom. The first kappa shape index (κ1) is 9.68. The fourth-order valence-corrected chi connectivity index (χ4v) is 1.25. The minimum Gasteiger partial charge on any atom is -0.457 e. The summed E-state index contributed by atoms with van der Waals surface area (Å²) in [4.78, 5) is 3.90. The lowest BCUT2D eigenvalue weighted by Crippen LogP contribution is -1.87. The Balaban J connectivity index is 2.17. The number of ether oxygens (including phenoxy) is 1. The molecule has 1 aromatic heterocycles. The largest absolute Gasteiger partial charge is 0.457 e. The van der Waals surface area contributed by atoms with Gasteiger partial charge in [-0.15, -0.1) is 0 Å². The van der Waals surface area contributed by atoms with Crippen LogP contribution in [-0.4, -0.2) is 10.1 Å². The van der Waals surface area contributed by atoms with Crippen molar-refractivity contribution >= 4 is 0 Å². The van der Waals surface area contributed by atoms with E-state index in [9.17, 15) is 0 Å². The molecule has 76 valence electrons. The predicted molar refractivity (Wildman–Crippen MR) is 56.7 cm³/mol. The molecule has 1 heterocycles. The normalized spacial score (nSPS) is 9.93. The van der Waals surface area contributed by atoms with Gasteiger partial charge in [-0.2, -0.15) is 0 Å². The smallest absolute Gasteiger partial charge is 0.130 e. The van der Waals surface area contributed by atoms with Crippen molar-refractivity contribution in [3.63, 3.8) is 0 Å². The molecule has 0 aliphatic rings. The second-order valence-corrected chi connectivity index (χ2v) is 3.09. The highest BCUT2D eigenvalue weighted by atomic mass is 16.5. The SMILES string of the molecule is OCc1cccc(Oc2ccncc2)c1. The fraction of sp³-hybridized carbons (Fsp3) is 0.0833. The standard InChI is InChI=1S/C12H11NO2/c14-9-10-2-1-3-12(8-10)15-11-4-6-13-7-5-11/h1-8,14H,9H2. The van der Waals surface area contributed by atoms with Crippen molar-refractivity contribution in [3.05, 3.63) is 54.4 Å². The van der Waals surface area contributed by atoms with Crippen molar-refractivity contribution in [1.29, 1.82) is 0 Å². The van der Waals surface area contributed by atoms with E-state index in [0.29, 0.717) is 5.75 Å². The topological polar surface area (TPSA) is 42.4 Å². The summed E-state index contributed by atoms with van der Waals surface area (Å²) in [5, 5.41) is 8.96. The minimum absolute atomic E-state index is 0.0214. The fourth-order valence-electron chi connectivity index (χ4n) is 1.25. The van der Waals surface area contributed by atoms with Crippen molar-refractivity contribution in [2.75, 3.05) is 0 Å². The zero-order chi connectivity index (χ0) is 10.5. The molecular weight excluding hydrogens is 190 g/mol. The molecule has 1 N–H and O–H groups in total. The Morgan fingerprint density at radius 2 is 1.87 bits per heavy atom. The maximum atomic E-state index is 8.96. The van der Waals surface area contributed by atoms with E-state index in [-0.39, 0.29) is 6.61 Å². The van der Waals surface area contributed by atoms with Crippen LogP contribution in [0.25, 0.3) is 0 Å².